The standard InChI is InChI=1S/C21H16Br2F2N2O3/c1-7(18-15(26)11-3-9(22)5-13(24)20(11)29-18)17(28)8(2)19-16(27)12-4-10(23)6-14(25)21(12)30-19/h3-8H,26-27H2,1-2H3. The summed E-state index contributed by atoms with van der Waals surface area (Å²) in [7, 11) is 0. The summed E-state index contributed by atoms with van der Waals surface area (Å²) in [4.78, 5) is 13.2. The minimum Gasteiger partial charge on any atom is -0.455 e. The molecule has 2 aromatic heterocycles. The average molecular weight is 542 g/mol. The predicted molar refractivity (Wildman–Crippen MR) is 118 cm³/mol. The number of nitrogens with two attached hydrogens (primary N) is 2. The molecular weight excluding hydrogens is 526 g/mol. The van der Waals surface area contributed by atoms with Gasteiger partial charge in [-0.05, 0) is 38.1 Å². The highest BCUT2D eigenvalue weighted by atomic mass is 79.9. The van der Waals surface area contributed by atoms with Crippen molar-refractivity contribution in [2.75, 3.05) is 11.5 Å². The Morgan fingerprint density at radius 3 is 1.57 bits per heavy atom. The van der Waals surface area contributed by atoms with E-state index in [1.165, 1.54) is 12.1 Å². The van der Waals surface area contributed by atoms with E-state index >= 15 is 0 Å². The number of anilines is 2. The zero-order valence-electron chi connectivity index (χ0n) is 15.9. The van der Waals surface area contributed by atoms with Crippen LogP contribution < -0.4 is 11.5 Å². The molecule has 0 bridgehead atoms. The summed E-state index contributed by atoms with van der Waals surface area (Å²) >= 11 is 6.44. The summed E-state index contributed by atoms with van der Waals surface area (Å²) < 4.78 is 40.7. The number of hydrogen-bond donors (Lipinski definition) is 2. The Morgan fingerprint density at radius 2 is 1.20 bits per heavy atom. The summed E-state index contributed by atoms with van der Waals surface area (Å²) in [5.41, 5.74) is 12.6. The van der Waals surface area contributed by atoms with Gasteiger partial charge in [-0.2, -0.15) is 0 Å². The van der Waals surface area contributed by atoms with E-state index in [1.54, 1.807) is 26.0 Å². The largest absolute Gasteiger partial charge is 0.455 e. The second kappa shape index (κ2) is 7.39. The lowest BCUT2D eigenvalue weighted by Gasteiger charge is -2.14. The summed E-state index contributed by atoms with van der Waals surface area (Å²) in [6.45, 7) is 3.21. The van der Waals surface area contributed by atoms with Crippen molar-refractivity contribution < 1.29 is 22.4 Å². The average Bonchev–Trinajstić information content (AvgIpc) is 3.18. The van der Waals surface area contributed by atoms with Crippen LogP contribution in [0.1, 0.15) is 37.2 Å². The van der Waals surface area contributed by atoms with Gasteiger partial charge in [0.15, 0.2) is 28.6 Å². The van der Waals surface area contributed by atoms with Gasteiger partial charge in [0, 0.05) is 19.7 Å². The number of halogens is 4. The highest BCUT2D eigenvalue weighted by molar-refractivity contribution is 9.10. The van der Waals surface area contributed by atoms with Crippen molar-refractivity contribution in [3.8, 4) is 0 Å². The molecule has 9 heteroatoms. The van der Waals surface area contributed by atoms with Crippen LogP contribution in [0.4, 0.5) is 20.2 Å². The van der Waals surface area contributed by atoms with E-state index in [2.05, 4.69) is 31.9 Å². The normalized spacial score (nSPS) is 13.8. The van der Waals surface area contributed by atoms with Gasteiger partial charge >= 0.3 is 0 Å². The number of benzene rings is 2. The van der Waals surface area contributed by atoms with Crippen molar-refractivity contribution in [3.63, 3.8) is 0 Å². The molecule has 4 N–H and O–H groups in total. The third-order valence-corrected chi connectivity index (χ3v) is 6.11. The molecule has 0 saturated carbocycles. The lowest BCUT2D eigenvalue weighted by atomic mass is 9.90. The van der Waals surface area contributed by atoms with Crippen LogP contribution in [0, 0.1) is 11.6 Å². The maximum Gasteiger partial charge on any atom is 0.172 e. The van der Waals surface area contributed by atoms with E-state index in [-0.39, 0.29) is 39.8 Å². The molecule has 0 saturated heterocycles. The first-order valence-corrected chi connectivity index (χ1v) is 10.6. The number of carbonyl (C=O) groups excluding carboxylic acids is 1. The predicted octanol–water partition coefficient (Wildman–Crippen LogP) is 6.62. The molecule has 5 nitrogen and oxygen atoms in total. The van der Waals surface area contributed by atoms with Gasteiger partial charge in [0.05, 0.1) is 23.2 Å². The second-order valence-corrected chi connectivity index (χ2v) is 8.97. The molecule has 2 atom stereocenters. The Morgan fingerprint density at radius 1 is 0.833 bits per heavy atom. The van der Waals surface area contributed by atoms with Gasteiger partial charge in [-0.3, -0.25) is 4.79 Å². The lowest BCUT2D eigenvalue weighted by molar-refractivity contribution is -0.121. The molecule has 2 unspecified atom stereocenters. The van der Waals surface area contributed by atoms with Crippen LogP contribution in [0.3, 0.4) is 0 Å². The number of fused-ring (bicyclic) bond motifs is 2. The maximum absolute atomic E-state index is 14.2. The molecule has 2 aromatic carbocycles. The van der Waals surface area contributed by atoms with E-state index < -0.39 is 23.5 Å². The van der Waals surface area contributed by atoms with E-state index in [4.69, 9.17) is 20.3 Å². The third-order valence-electron chi connectivity index (χ3n) is 5.19. The van der Waals surface area contributed by atoms with Crippen LogP contribution in [0.25, 0.3) is 21.9 Å². The fourth-order valence-corrected chi connectivity index (χ4v) is 4.46. The Labute approximate surface area is 186 Å². The highest BCUT2D eigenvalue weighted by Crippen LogP contribution is 2.41. The smallest absolute Gasteiger partial charge is 0.172 e. The molecular formula is C21H16Br2F2N2O3. The summed E-state index contributed by atoms with van der Waals surface area (Å²) in [6.07, 6.45) is 0. The molecule has 0 amide bonds. The fourth-order valence-electron chi connectivity index (χ4n) is 3.60. The Hall–Kier alpha value is -2.39. The second-order valence-electron chi connectivity index (χ2n) is 7.13. The number of carbonyl (C=O) groups is 1. The molecule has 0 aliphatic carbocycles. The highest BCUT2D eigenvalue weighted by Gasteiger charge is 2.32. The maximum atomic E-state index is 14.2. The molecule has 30 heavy (non-hydrogen) atoms. The minimum absolute atomic E-state index is 0.0202. The van der Waals surface area contributed by atoms with Crippen molar-refractivity contribution >= 4 is 71.0 Å². The number of rotatable bonds is 4. The molecule has 0 fully saturated rings. The van der Waals surface area contributed by atoms with Gasteiger partial charge in [0.2, 0.25) is 0 Å². The minimum atomic E-state index is -0.810. The van der Waals surface area contributed by atoms with Gasteiger partial charge in [0.1, 0.15) is 11.5 Å². The van der Waals surface area contributed by atoms with Crippen LogP contribution >= 0.6 is 31.9 Å². The molecule has 0 aliphatic heterocycles. The van der Waals surface area contributed by atoms with Crippen LogP contribution in [-0.2, 0) is 4.79 Å². The summed E-state index contributed by atoms with van der Waals surface area (Å²) in [5, 5.41) is 0.749. The zero-order valence-corrected chi connectivity index (χ0v) is 19.0. The first-order chi connectivity index (χ1) is 14.1. The summed E-state index contributed by atoms with van der Waals surface area (Å²) in [5.74, 6) is -2.81. The van der Waals surface area contributed by atoms with Crippen LogP contribution in [0.5, 0.6) is 0 Å². The van der Waals surface area contributed by atoms with Crippen LogP contribution in [0.15, 0.2) is 42.0 Å². The van der Waals surface area contributed by atoms with Crippen molar-refractivity contribution in [2.45, 2.75) is 25.7 Å². The molecule has 4 aromatic rings. The molecule has 4 rings (SSSR count). The van der Waals surface area contributed by atoms with Crippen molar-refractivity contribution in [2.24, 2.45) is 0 Å². The Balaban J connectivity index is 1.75. The van der Waals surface area contributed by atoms with Gasteiger partial charge in [-0.1, -0.05) is 31.9 Å². The van der Waals surface area contributed by atoms with Crippen molar-refractivity contribution in [1.82, 2.24) is 0 Å². The topological polar surface area (TPSA) is 95.4 Å². The number of ketones is 1. The SMILES string of the molecule is CC(C(=O)C(C)c1oc2c(F)cc(Br)cc2c1N)c1oc2c(F)cc(Br)cc2c1N. The van der Waals surface area contributed by atoms with E-state index in [1.807, 2.05) is 0 Å². The molecule has 0 aliphatic rings. The van der Waals surface area contributed by atoms with E-state index in [9.17, 15) is 13.6 Å². The quantitative estimate of drug-likeness (QED) is 0.302. The number of Topliss-reactive ketones (excluding diaryl/α,β-unsaturated/α-hetero) is 1. The Kier molecular flexibility index (Phi) is 5.14. The van der Waals surface area contributed by atoms with Gasteiger partial charge in [0.25, 0.3) is 0 Å². The first-order valence-electron chi connectivity index (χ1n) is 8.97. The Bertz CT molecular complexity index is 1230. The van der Waals surface area contributed by atoms with Crippen molar-refractivity contribution in [3.05, 3.63) is 56.4 Å². The van der Waals surface area contributed by atoms with Gasteiger partial charge < -0.3 is 20.3 Å². The number of furan rings is 2. The monoisotopic (exact) mass is 540 g/mol. The third kappa shape index (κ3) is 3.20. The first kappa shape index (κ1) is 20.9. The van der Waals surface area contributed by atoms with Crippen molar-refractivity contribution in [1.29, 1.82) is 0 Å². The zero-order chi connectivity index (χ0) is 21.9. The number of hydrogen-bond acceptors (Lipinski definition) is 5. The fraction of sp³-hybridized carbons (Fsp3) is 0.190. The molecule has 0 spiro atoms. The van der Waals surface area contributed by atoms with E-state index in [0.717, 1.165) is 0 Å². The summed E-state index contributed by atoms with van der Waals surface area (Å²) in [6, 6.07) is 5.76. The van der Waals surface area contributed by atoms with Crippen LogP contribution in [0.2, 0.25) is 0 Å². The van der Waals surface area contributed by atoms with E-state index in [0.29, 0.717) is 19.7 Å². The lowest BCUT2D eigenvalue weighted by Crippen LogP contribution is -2.17. The number of nitrogen functional groups attached to an aromatic ring is 2. The molecule has 156 valence electrons. The van der Waals surface area contributed by atoms with Crippen LogP contribution in [-0.4, -0.2) is 5.78 Å². The van der Waals surface area contributed by atoms with Gasteiger partial charge in [-0.15, -0.1) is 0 Å². The molecule has 0 radical (unpaired) electrons. The van der Waals surface area contributed by atoms with Gasteiger partial charge in [-0.25, -0.2) is 8.78 Å². The molecule has 2 heterocycles.